The number of aromatic nitrogens is 3. The largest absolute Gasteiger partial charge is 0.387 e. The van der Waals surface area contributed by atoms with Crippen LogP contribution in [0.2, 0.25) is 5.02 Å². The third kappa shape index (κ3) is 9.50. The van der Waals surface area contributed by atoms with Gasteiger partial charge in [-0.25, -0.2) is 9.50 Å². The van der Waals surface area contributed by atoms with Crippen LogP contribution in [0, 0.1) is 6.92 Å². The number of anilines is 2. The quantitative estimate of drug-likeness (QED) is 0.346. The van der Waals surface area contributed by atoms with E-state index in [1.165, 1.54) is 38.8 Å². The van der Waals surface area contributed by atoms with Crippen LogP contribution in [0.25, 0.3) is 5.65 Å². The molecule has 45 heavy (non-hydrogen) atoms. The van der Waals surface area contributed by atoms with Crippen molar-refractivity contribution in [2.24, 2.45) is 0 Å². The second-order valence-corrected chi connectivity index (χ2v) is 11.7. The molecule has 1 N–H and O–H groups in total. The summed E-state index contributed by atoms with van der Waals surface area (Å²) in [6, 6.07) is 7.88. The summed E-state index contributed by atoms with van der Waals surface area (Å²) in [4.78, 5) is 41.3. The number of carbonyl (C=O) groups is 3. The molecule has 0 unspecified atom stereocenters. The van der Waals surface area contributed by atoms with Gasteiger partial charge in [0.15, 0.2) is 5.65 Å². The molecule has 2 aromatic heterocycles. The Morgan fingerprint density at radius 1 is 0.956 bits per heavy atom. The molecule has 2 atom stereocenters. The Kier molecular flexibility index (Phi) is 16.0. The number of piperidine rings is 1. The number of likely N-dealkylation sites (tertiary alicyclic amines) is 2. The van der Waals surface area contributed by atoms with Gasteiger partial charge in [-0.3, -0.25) is 4.79 Å². The fourth-order valence-electron chi connectivity index (χ4n) is 6.14. The lowest BCUT2D eigenvalue weighted by Gasteiger charge is -2.35. The number of benzene rings is 1. The van der Waals surface area contributed by atoms with Crippen molar-refractivity contribution >= 4 is 48.2 Å². The van der Waals surface area contributed by atoms with Crippen molar-refractivity contribution in [2.45, 2.75) is 84.7 Å². The first-order valence-corrected chi connectivity index (χ1v) is 16.4. The summed E-state index contributed by atoms with van der Waals surface area (Å²) in [6.45, 7) is 16.8. The lowest BCUT2D eigenvalue weighted by Crippen LogP contribution is -2.39. The number of nitrogens with zero attached hydrogens (tertiary/aromatic N) is 6. The maximum absolute atomic E-state index is 13.6. The normalized spacial score (nSPS) is 19.2. The van der Waals surface area contributed by atoms with E-state index in [-0.39, 0.29) is 11.9 Å². The van der Waals surface area contributed by atoms with E-state index in [2.05, 4.69) is 48.3 Å². The molecule has 1 amide bonds. The van der Waals surface area contributed by atoms with Crippen LogP contribution in [0.1, 0.15) is 93.4 Å². The standard InChI is InChI=1S/C25H31ClN6O.C5H11N.C2H6.2CH2O/c1-16-15-32-23(28-24(16)30-12-6-7-17(30)2)14-21(29-32)22-8-4-5-11-31(22)25(33)19-13-18(26)9-10-20(19)27-3;1-6-4-2-3-5-6;3*1-2/h9-10,13-15,17,22,27H,4-8,11-12H2,1-3H3;2-5H2,1H3;1-2H3;2*1H2/t17-,22+;;;;/m1..../s1. The summed E-state index contributed by atoms with van der Waals surface area (Å²) in [7, 11) is 4.00. The van der Waals surface area contributed by atoms with Crippen molar-refractivity contribution in [3.63, 3.8) is 0 Å². The molecule has 3 saturated heterocycles. The van der Waals surface area contributed by atoms with E-state index in [1.807, 2.05) is 50.0 Å². The van der Waals surface area contributed by atoms with Crippen LogP contribution < -0.4 is 10.2 Å². The molecule has 11 heteroatoms. The van der Waals surface area contributed by atoms with Crippen LogP contribution >= 0.6 is 11.6 Å². The van der Waals surface area contributed by atoms with E-state index in [0.717, 1.165) is 54.2 Å². The minimum atomic E-state index is -0.0777. The van der Waals surface area contributed by atoms with E-state index in [1.54, 1.807) is 12.1 Å². The molecule has 248 valence electrons. The Balaban J connectivity index is 0.000000507. The van der Waals surface area contributed by atoms with Crippen molar-refractivity contribution in [1.29, 1.82) is 0 Å². The lowest BCUT2D eigenvalue weighted by molar-refractivity contribution is -0.0987. The Hall–Kier alpha value is -3.50. The first-order chi connectivity index (χ1) is 21.9. The average Bonchev–Trinajstić information content (AvgIpc) is 3.84. The summed E-state index contributed by atoms with van der Waals surface area (Å²) >= 11 is 6.23. The van der Waals surface area contributed by atoms with Crippen molar-refractivity contribution in [3.8, 4) is 0 Å². The Labute approximate surface area is 274 Å². The second-order valence-electron chi connectivity index (χ2n) is 11.3. The van der Waals surface area contributed by atoms with Gasteiger partial charge in [0.05, 0.1) is 17.3 Å². The van der Waals surface area contributed by atoms with Crippen molar-refractivity contribution < 1.29 is 14.4 Å². The predicted molar refractivity (Wildman–Crippen MR) is 185 cm³/mol. The first kappa shape index (κ1) is 37.7. The third-order valence-corrected chi connectivity index (χ3v) is 8.60. The van der Waals surface area contributed by atoms with E-state index in [4.69, 9.17) is 31.3 Å². The SMILES string of the molecule is C=O.C=O.CC.CN1CCCC1.CNc1ccc(Cl)cc1C(=O)N1CCCC[C@H]1c1cc2nc(N3CCC[C@H]3C)c(C)cn2n1. The molecular weight excluding hydrogens is 590 g/mol. The summed E-state index contributed by atoms with van der Waals surface area (Å²) in [5.74, 6) is 1.03. The van der Waals surface area contributed by atoms with Crippen LogP contribution in [0.4, 0.5) is 11.5 Å². The molecule has 10 nitrogen and oxygen atoms in total. The number of hydrogen-bond acceptors (Lipinski definition) is 8. The van der Waals surface area contributed by atoms with Crippen LogP contribution in [-0.4, -0.2) is 90.2 Å². The van der Waals surface area contributed by atoms with Crippen LogP contribution in [0.15, 0.2) is 30.5 Å². The second kappa shape index (κ2) is 19.1. The van der Waals surface area contributed by atoms with Crippen molar-refractivity contribution in [2.75, 3.05) is 50.5 Å². The maximum Gasteiger partial charge on any atom is 0.256 e. The van der Waals surface area contributed by atoms with Gasteiger partial charge >= 0.3 is 0 Å². The molecule has 0 bridgehead atoms. The van der Waals surface area contributed by atoms with Gasteiger partial charge in [0, 0.05) is 54.7 Å². The number of hydrogen-bond donors (Lipinski definition) is 1. The average molecular weight is 642 g/mol. The van der Waals surface area contributed by atoms with Gasteiger partial charge in [-0.05, 0) is 97.1 Å². The summed E-state index contributed by atoms with van der Waals surface area (Å²) in [5.41, 5.74) is 4.24. The molecule has 0 spiro atoms. The van der Waals surface area contributed by atoms with Crippen LogP contribution in [0.3, 0.4) is 0 Å². The molecule has 6 rings (SSSR count). The highest BCUT2D eigenvalue weighted by Crippen LogP contribution is 2.34. The Morgan fingerprint density at radius 2 is 1.62 bits per heavy atom. The molecule has 3 aromatic rings. The smallest absolute Gasteiger partial charge is 0.256 e. The highest BCUT2D eigenvalue weighted by molar-refractivity contribution is 6.31. The predicted octanol–water partition coefficient (Wildman–Crippen LogP) is 6.46. The molecule has 0 aliphatic carbocycles. The molecule has 5 heterocycles. The topological polar surface area (TPSA) is 103 Å². The third-order valence-electron chi connectivity index (χ3n) is 8.37. The highest BCUT2D eigenvalue weighted by Gasteiger charge is 2.32. The van der Waals surface area contributed by atoms with Gasteiger partial charge in [-0.15, -0.1) is 0 Å². The lowest BCUT2D eigenvalue weighted by atomic mass is 9.98. The molecule has 3 aliphatic heterocycles. The van der Waals surface area contributed by atoms with Crippen LogP contribution in [-0.2, 0) is 9.59 Å². The fraction of sp³-hybridized carbons (Fsp3) is 0.559. The monoisotopic (exact) mass is 641 g/mol. The van der Waals surface area contributed by atoms with Gasteiger partial charge in [0.1, 0.15) is 19.4 Å². The molecule has 0 radical (unpaired) electrons. The van der Waals surface area contributed by atoms with E-state index < -0.39 is 0 Å². The zero-order chi connectivity index (χ0) is 33.5. The van der Waals surface area contributed by atoms with E-state index >= 15 is 0 Å². The maximum atomic E-state index is 13.6. The van der Waals surface area contributed by atoms with E-state index in [9.17, 15) is 4.79 Å². The van der Waals surface area contributed by atoms with Gasteiger partial charge in [-0.1, -0.05) is 25.4 Å². The number of fused-ring (bicyclic) bond motifs is 1. The van der Waals surface area contributed by atoms with E-state index in [0.29, 0.717) is 23.2 Å². The molecule has 3 fully saturated rings. The van der Waals surface area contributed by atoms with Gasteiger partial charge in [-0.2, -0.15) is 5.10 Å². The minimum absolute atomic E-state index is 0.0145. The van der Waals surface area contributed by atoms with Gasteiger partial charge in [0.2, 0.25) is 0 Å². The number of nitrogens with one attached hydrogen (secondary N) is 1. The highest BCUT2D eigenvalue weighted by atomic mass is 35.5. The molecule has 3 aliphatic rings. The van der Waals surface area contributed by atoms with Gasteiger partial charge < -0.3 is 29.6 Å². The Morgan fingerprint density at radius 3 is 2.20 bits per heavy atom. The summed E-state index contributed by atoms with van der Waals surface area (Å²) in [6.07, 6.45) is 10.2. The van der Waals surface area contributed by atoms with Crippen molar-refractivity contribution in [3.05, 3.63) is 52.3 Å². The van der Waals surface area contributed by atoms with Crippen molar-refractivity contribution in [1.82, 2.24) is 24.4 Å². The summed E-state index contributed by atoms with van der Waals surface area (Å²) in [5, 5.41) is 8.55. The first-order valence-electron chi connectivity index (χ1n) is 16.0. The zero-order valence-corrected chi connectivity index (χ0v) is 28.8. The number of halogens is 1. The zero-order valence-electron chi connectivity index (χ0n) is 28.0. The number of amides is 1. The molecule has 0 saturated carbocycles. The van der Waals surface area contributed by atoms with Gasteiger partial charge in [0.25, 0.3) is 5.91 Å². The number of carbonyl (C=O) groups excluding carboxylic acids is 3. The summed E-state index contributed by atoms with van der Waals surface area (Å²) < 4.78 is 1.87. The Bertz CT molecular complexity index is 1340. The fourth-order valence-corrected chi connectivity index (χ4v) is 6.32. The molecule has 1 aromatic carbocycles. The minimum Gasteiger partial charge on any atom is -0.387 e. The van der Waals surface area contributed by atoms with Crippen LogP contribution in [0.5, 0.6) is 0 Å². The molecular formula is C34H52ClN7O3. The number of aryl methyl sites for hydroxylation is 1. The number of rotatable bonds is 4.